The number of ether oxygens (including phenoxy) is 1. The zero-order chi connectivity index (χ0) is 48.0. The van der Waals surface area contributed by atoms with E-state index in [4.69, 9.17) is 4.74 Å². The van der Waals surface area contributed by atoms with Gasteiger partial charge in [-0.15, -0.1) is 0 Å². The van der Waals surface area contributed by atoms with Gasteiger partial charge in [-0.3, -0.25) is 14.5 Å². The highest BCUT2D eigenvalue weighted by atomic mass is 16.5. The molecule has 1 aliphatic rings. The third kappa shape index (κ3) is 38.6. The first-order valence-electron chi connectivity index (χ1n) is 30.0. The molecule has 0 spiro atoms. The fraction of sp³-hybridized carbons (Fsp3) is 0.966. The molecule has 0 aromatic carbocycles. The molecule has 7 nitrogen and oxygen atoms in total. The summed E-state index contributed by atoms with van der Waals surface area (Å²) in [6.07, 6.45) is 47.3. The highest BCUT2D eigenvalue weighted by molar-refractivity contribution is 5.78. The van der Waals surface area contributed by atoms with Gasteiger partial charge in [0.05, 0.1) is 13.2 Å². The van der Waals surface area contributed by atoms with Crippen LogP contribution < -0.4 is 0 Å². The molecule has 1 saturated heterocycles. The lowest BCUT2D eigenvalue weighted by Crippen LogP contribution is -2.46. The highest BCUT2D eigenvalue weighted by Gasteiger charge is 2.25. The second kappa shape index (κ2) is 47.5. The van der Waals surface area contributed by atoms with Gasteiger partial charge >= 0.3 is 5.97 Å². The van der Waals surface area contributed by atoms with Crippen LogP contribution >= 0.6 is 0 Å². The summed E-state index contributed by atoms with van der Waals surface area (Å²) < 4.78 is 5.42. The number of hydrogen-bond donors (Lipinski definition) is 0. The van der Waals surface area contributed by atoms with Crippen molar-refractivity contribution in [1.82, 2.24) is 19.6 Å². The second-order valence-electron chi connectivity index (χ2n) is 21.4. The Balaban J connectivity index is 2.70. The molecule has 0 saturated carbocycles. The van der Waals surface area contributed by atoms with Crippen LogP contribution in [-0.4, -0.2) is 110 Å². The highest BCUT2D eigenvalue weighted by Crippen LogP contribution is 2.25. The second-order valence-corrected chi connectivity index (χ2v) is 21.4. The number of likely N-dealkylation sites (tertiary alicyclic amines) is 1. The van der Waals surface area contributed by atoms with E-state index in [-0.39, 0.29) is 5.97 Å². The van der Waals surface area contributed by atoms with Crippen LogP contribution in [0.5, 0.6) is 0 Å². The maximum absolute atomic E-state index is 14.0. The Hall–Kier alpha value is -1.18. The van der Waals surface area contributed by atoms with E-state index in [0.717, 1.165) is 90.3 Å². The molecule has 0 aliphatic carbocycles. The molecular formula is C59H118N4O3. The molecule has 7 heteroatoms. The van der Waals surface area contributed by atoms with Crippen LogP contribution in [-0.2, 0) is 14.3 Å². The van der Waals surface area contributed by atoms with Crippen molar-refractivity contribution in [2.45, 2.75) is 279 Å². The monoisotopic (exact) mass is 931 g/mol. The standard InChI is InChI=1S/C59H118N4O3/c1-7-12-17-21-25-29-34-44-60(45-35-30-26-22-18-13-8-2)51-52-62(47-37-32-28-24-20-15-10-4)55-58(64)63-49-42-57(43-50-63)41-40-56(6)54-61(46-36-31-27-23-19-14-9-3)48-38-33-39-59(65)66-53-16-11-5/h56-57H,7-55H2,1-6H3. The van der Waals surface area contributed by atoms with Gasteiger partial charge < -0.3 is 19.4 Å². The third-order valence-corrected chi connectivity index (χ3v) is 14.9. The first-order valence-corrected chi connectivity index (χ1v) is 30.0. The van der Waals surface area contributed by atoms with Crippen LogP contribution in [0.3, 0.4) is 0 Å². The molecule has 0 bridgehead atoms. The van der Waals surface area contributed by atoms with E-state index in [0.29, 0.717) is 31.4 Å². The Morgan fingerprint density at radius 2 is 0.848 bits per heavy atom. The number of amides is 1. The summed E-state index contributed by atoms with van der Waals surface area (Å²) in [6, 6.07) is 0. The fourth-order valence-electron chi connectivity index (χ4n) is 10.2. The first kappa shape index (κ1) is 62.8. The zero-order valence-electron chi connectivity index (χ0n) is 45.8. The third-order valence-electron chi connectivity index (χ3n) is 14.9. The number of hydrogen-bond acceptors (Lipinski definition) is 6. The minimum absolute atomic E-state index is 0.0194. The Morgan fingerprint density at radius 1 is 0.470 bits per heavy atom. The normalized spacial score (nSPS) is 14.0. The summed E-state index contributed by atoms with van der Waals surface area (Å²) in [6.45, 7) is 26.0. The van der Waals surface area contributed by atoms with Crippen molar-refractivity contribution < 1.29 is 14.3 Å². The van der Waals surface area contributed by atoms with E-state index in [1.165, 1.54) is 212 Å². The van der Waals surface area contributed by atoms with E-state index < -0.39 is 0 Å². The van der Waals surface area contributed by atoms with Crippen molar-refractivity contribution in [2.24, 2.45) is 11.8 Å². The summed E-state index contributed by atoms with van der Waals surface area (Å²) in [4.78, 5) is 36.5. The van der Waals surface area contributed by atoms with Crippen molar-refractivity contribution in [2.75, 3.05) is 78.6 Å². The molecule has 0 aromatic rings. The number of carbonyl (C=O) groups is 2. The van der Waals surface area contributed by atoms with Crippen LogP contribution in [0.15, 0.2) is 0 Å². The minimum Gasteiger partial charge on any atom is -0.466 e. The molecule has 0 N–H and O–H groups in total. The smallest absolute Gasteiger partial charge is 0.305 e. The minimum atomic E-state index is -0.0194. The van der Waals surface area contributed by atoms with Gasteiger partial charge in [0.2, 0.25) is 5.91 Å². The maximum atomic E-state index is 14.0. The molecule has 66 heavy (non-hydrogen) atoms. The molecule has 1 amide bonds. The van der Waals surface area contributed by atoms with Gasteiger partial charge in [-0.25, -0.2) is 0 Å². The average molecular weight is 932 g/mol. The van der Waals surface area contributed by atoms with Gasteiger partial charge in [0.1, 0.15) is 0 Å². The molecule has 392 valence electrons. The summed E-state index contributed by atoms with van der Waals surface area (Å²) in [5.41, 5.74) is 0. The van der Waals surface area contributed by atoms with Crippen LogP contribution in [0.1, 0.15) is 279 Å². The lowest BCUT2D eigenvalue weighted by atomic mass is 9.89. The topological polar surface area (TPSA) is 56.3 Å². The van der Waals surface area contributed by atoms with Gasteiger partial charge in [-0.2, -0.15) is 0 Å². The number of rotatable bonds is 50. The van der Waals surface area contributed by atoms with E-state index in [9.17, 15) is 9.59 Å². The Labute approximate surface area is 413 Å². The molecule has 1 atom stereocenters. The van der Waals surface area contributed by atoms with Crippen molar-refractivity contribution in [3.63, 3.8) is 0 Å². The quantitative estimate of drug-likeness (QED) is 0.0447. The van der Waals surface area contributed by atoms with Crippen LogP contribution in [0.4, 0.5) is 0 Å². The van der Waals surface area contributed by atoms with E-state index in [1.807, 2.05) is 0 Å². The van der Waals surface area contributed by atoms with Crippen LogP contribution in [0.25, 0.3) is 0 Å². The number of unbranched alkanes of at least 4 members (excludes halogenated alkanes) is 26. The molecule has 0 radical (unpaired) electrons. The Bertz CT molecular complexity index is 1020. The molecule has 0 aromatic heterocycles. The lowest BCUT2D eigenvalue weighted by Gasteiger charge is -2.35. The molecular weight excluding hydrogens is 813 g/mol. The Kier molecular flexibility index (Phi) is 45.2. The predicted molar refractivity (Wildman–Crippen MR) is 289 cm³/mol. The number of nitrogens with zero attached hydrogens (tertiary/aromatic N) is 4. The van der Waals surface area contributed by atoms with Crippen LogP contribution in [0.2, 0.25) is 0 Å². The summed E-state index contributed by atoms with van der Waals surface area (Å²) >= 11 is 0. The predicted octanol–water partition coefficient (Wildman–Crippen LogP) is 16.1. The summed E-state index contributed by atoms with van der Waals surface area (Å²) in [5.74, 6) is 1.77. The molecule has 1 unspecified atom stereocenters. The summed E-state index contributed by atoms with van der Waals surface area (Å²) in [5, 5.41) is 0. The van der Waals surface area contributed by atoms with E-state index in [2.05, 4.69) is 61.1 Å². The van der Waals surface area contributed by atoms with Gasteiger partial charge in [0, 0.05) is 39.1 Å². The zero-order valence-corrected chi connectivity index (χ0v) is 45.8. The Morgan fingerprint density at radius 3 is 1.30 bits per heavy atom. The van der Waals surface area contributed by atoms with Crippen molar-refractivity contribution in [3.05, 3.63) is 0 Å². The maximum Gasteiger partial charge on any atom is 0.305 e. The average Bonchev–Trinajstić information content (AvgIpc) is 3.32. The van der Waals surface area contributed by atoms with E-state index >= 15 is 0 Å². The van der Waals surface area contributed by atoms with Crippen molar-refractivity contribution in [1.29, 1.82) is 0 Å². The largest absolute Gasteiger partial charge is 0.466 e. The lowest BCUT2D eigenvalue weighted by molar-refractivity contribution is -0.144. The van der Waals surface area contributed by atoms with E-state index in [1.54, 1.807) is 0 Å². The van der Waals surface area contributed by atoms with Gasteiger partial charge in [0.15, 0.2) is 0 Å². The van der Waals surface area contributed by atoms with Gasteiger partial charge in [-0.1, -0.05) is 208 Å². The number of esters is 1. The van der Waals surface area contributed by atoms with Crippen molar-refractivity contribution >= 4 is 11.9 Å². The number of piperidine rings is 1. The summed E-state index contributed by atoms with van der Waals surface area (Å²) in [7, 11) is 0. The molecule has 1 rings (SSSR count). The molecule has 1 aliphatic heterocycles. The van der Waals surface area contributed by atoms with Gasteiger partial charge in [-0.05, 0) is 109 Å². The molecule has 1 heterocycles. The SMILES string of the molecule is CCCCCCCCCN(CCCCCCCCC)CCN(CCCCCCCCC)CC(=O)N1CCC(CCC(C)CN(CCCCCCCCC)CCCCC(=O)OCCCC)CC1. The molecule has 1 fully saturated rings. The van der Waals surface area contributed by atoms with Crippen LogP contribution in [0, 0.1) is 11.8 Å². The van der Waals surface area contributed by atoms with Crippen molar-refractivity contribution in [3.8, 4) is 0 Å². The van der Waals surface area contributed by atoms with Gasteiger partial charge in [0.25, 0.3) is 0 Å². The first-order chi connectivity index (χ1) is 32.4. The fourth-order valence-corrected chi connectivity index (χ4v) is 10.2. The number of carbonyl (C=O) groups excluding carboxylic acids is 2.